The van der Waals surface area contributed by atoms with E-state index in [1.165, 1.54) is 17.0 Å². The summed E-state index contributed by atoms with van der Waals surface area (Å²) in [4.78, 5) is 72.0. The van der Waals surface area contributed by atoms with E-state index >= 15 is 0 Å². The number of non-ortho nitro benzene ring substituents is 1. The Bertz CT molecular complexity index is 2450. The maximum Gasteiger partial charge on any atom is 0.270 e. The van der Waals surface area contributed by atoms with E-state index in [0.29, 0.717) is 58.7 Å². The maximum absolute atomic E-state index is 13.8. The molecule has 0 spiro atoms. The number of pyridine rings is 1. The highest BCUT2D eigenvalue weighted by atomic mass is 32.2. The Morgan fingerprint density at radius 3 is 1.69 bits per heavy atom. The van der Waals surface area contributed by atoms with Crippen molar-refractivity contribution in [3.05, 3.63) is 117 Å². The molecule has 0 unspecified atom stereocenters. The summed E-state index contributed by atoms with van der Waals surface area (Å²) in [5, 5.41) is 20.4. The van der Waals surface area contributed by atoms with Gasteiger partial charge in [0.25, 0.3) is 39.4 Å². The largest absolute Gasteiger partial charge is 0.313 e. The Balaban J connectivity index is 0.000000934. The monoisotopic (exact) mass is 752 g/mol. The number of carbonyl (C=O) groups is 4. The second-order valence-corrected chi connectivity index (χ2v) is 14.6. The van der Waals surface area contributed by atoms with Crippen molar-refractivity contribution in [3.8, 4) is 11.3 Å². The highest BCUT2D eigenvalue weighted by Crippen LogP contribution is 2.36. The van der Waals surface area contributed by atoms with E-state index in [1.54, 1.807) is 43.5 Å². The lowest BCUT2D eigenvalue weighted by molar-refractivity contribution is -0.384. The Kier molecular flexibility index (Phi) is 10.6. The van der Waals surface area contributed by atoms with Crippen molar-refractivity contribution in [3.63, 3.8) is 0 Å². The van der Waals surface area contributed by atoms with Crippen LogP contribution in [0.3, 0.4) is 0 Å². The molecule has 0 saturated carbocycles. The van der Waals surface area contributed by atoms with Crippen LogP contribution in [0, 0.1) is 10.1 Å². The first kappa shape index (κ1) is 37.8. The predicted octanol–water partition coefficient (Wildman–Crippen LogP) is 4.32. The average molecular weight is 753 g/mol. The molecule has 278 valence electrons. The summed E-state index contributed by atoms with van der Waals surface area (Å²) in [6.45, 7) is 5.16. The molecule has 16 heteroatoms. The van der Waals surface area contributed by atoms with Crippen LogP contribution in [-0.4, -0.2) is 101 Å². The van der Waals surface area contributed by atoms with Gasteiger partial charge in [0.2, 0.25) is 0 Å². The molecule has 3 heterocycles. The number of imide groups is 2. The predicted molar refractivity (Wildman–Crippen MR) is 201 cm³/mol. The molecule has 2 aliphatic heterocycles. The van der Waals surface area contributed by atoms with E-state index < -0.39 is 38.9 Å². The summed E-state index contributed by atoms with van der Waals surface area (Å²) in [5.74, 6) is -1.71. The first-order valence-corrected chi connectivity index (χ1v) is 18.8. The third-order valence-electron chi connectivity index (χ3n) is 9.15. The minimum atomic E-state index is -3.67. The number of nitrogens with zero attached hydrogens (tertiary/aromatic N) is 4. The molecule has 7 rings (SSSR count). The minimum Gasteiger partial charge on any atom is -0.313 e. The van der Waals surface area contributed by atoms with Gasteiger partial charge in [0, 0.05) is 89.6 Å². The molecule has 4 aromatic carbocycles. The second-order valence-electron chi connectivity index (χ2n) is 13.1. The Hall–Kier alpha value is -5.94. The first-order chi connectivity index (χ1) is 25.7. The number of carbonyl (C=O) groups excluding carboxylic acids is 4. The molecule has 3 N–H and O–H groups in total. The van der Waals surface area contributed by atoms with Crippen molar-refractivity contribution in [1.29, 1.82) is 0 Å². The van der Waals surface area contributed by atoms with Crippen molar-refractivity contribution in [2.45, 2.75) is 25.9 Å². The number of hydrogen-bond acceptors (Lipinski definition) is 11. The van der Waals surface area contributed by atoms with E-state index in [9.17, 15) is 37.7 Å². The Morgan fingerprint density at radius 1 is 0.722 bits per heavy atom. The van der Waals surface area contributed by atoms with Crippen LogP contribution in [0.5, 0.6) is 0 Å². The van der Waals surface area contributed by atoms with E-state index in [0.717, 1.165) is 21.5 Å². The van der Waals surface area contributed by atoms with Crippen molar-refractivity contribution in [2.75, 3.05) is 32.4 Å². The lowest BCUT2D eigenvalue weighted by atomic mass is 9.90. The van der Waals surface area contributed by atoms with Crippen molar-refractivity contribution in [1.82, 2.24) is 25.4 Å². The van der Waals surface area contributed by atoms with Gasteiger partial charge in [-0.1, -0.05) is 30.3 Å². The third kappa shape index (κ3) is 7.58. The van der Waals surface area contributed by atoms with E-state index in [2.05, 4.69) is 15.6 Å². The zero-order chi connectivity index (χ0) is 38.9. The number of nitro groups is 1. The fourth-order valence-electron chi connectivity index (χ4n) is 6.81. The standard InChI is InChI=1S/C37H32N6O6.CH4O3S/c1-21(41-34(44)27-9-5-7-23-15-25(31-11-3-4-12-40-31)17-29(32(23)27)36(41)46)19-38-13-14-39-20-22(2)42-35(45)28-10-6-8-24-16-26(43(48)49)18-30(33(24)28)37(42)47;1-5(2,3)4/h3-12,15-18,21-22,38-39H,13-14,19-20H2,1-2H3;1H3,(H,2,3,4)/t21-,22-;/m1./s1. The molecule has 2 aliphatic rings. The van der Waals surface area contributed by atoms with Crippen LogP contribution in [0.2, 0.25) is 0 Å². The van der Waals surface area contributed by atoms with Crippen molar-refractivity contribution < 1.29 is 37.1 Å². The van der Waals surface area contributed by atoms with Crippen LogP contribution in [0.15, 0.2) is 85.1 Å². The molecule has 4 amide bonds. The van der Waals surface area contributed by atoms with E-state index in [1.807, 2.05) is 43.3 Å². The number of nitro benzene ring substituents is 1. The molecule has 0 bridgehead atoms. The van der Waals surface area contributed by atoms with Crippen LogP contribution in [0.25, 0.3) is 32.8 Å². The van der Waals surface area contributed by atoms with Gasteiger partial charge < -0.3 is 10.6 Å². The fraction of sp³-hybridized carbons (Fsp3) is 0.237. The fourth-order valence-corrected chi connectivity index (χ4v) is 6.81. The summed E-state index contributed by atoms with van der Waals surface area (Å²) < 4.78 is 25.9. The zero-order valence-electron chi connectivity index (χ0n) is 29.5. The lowest BCUT2D eigenvalue weighted by Crippen LogP contribution is -2.51. The Labute approximate surface area is 309 Å². The molecule has 2 atom stereocenters. The molecular weight excluding hydrogens is 717 g/mol. The van der Waals surface area contributed by atoms with E-state index in [-0.39, 0.29) is 29.6 Å². The lowest BCUT2D eigenvalue weighted by Gasteiger charge is -2.32. The summed E-state index contributed by atoms with van der Waals surface area (Å²) in [5.41, 5.74) is 2.73. The first-order valence-electron chi connectivity index (χ1n) is 16.9. The van der Waals surface area contributed by atoms with Crippen molar-refractivity contribution >= 4 is 61.0 Å². The smallest absolute Gasteiger partial charge is 0.270 e. The summed E-state index contributed by atoms with van der Waals surface area (Å²) in [6.07, 6.45) is 2.41. The van der Waals surface area contributed by atoms with Crippen LogP contribution < -0.4 is 10.6 Å². The van der Waals surface area contributed by atoms with Gasteiger partial charge in [-0.15, -0.1) is 0 Å². The van der Waals surface area contributed by atoms with Crippen LogP contribution >= 0.6 is 0 Å². The molecule has 0 radical (unpaired) electrons. The van der Waals surface area contributed by atoms with Gasteiger partial charge in [0.1, 0.15) is 0 Å². The number of amides is 4. The number of aromatic nitrogens is 1. The summed E-state index contributed by atoms with van der Waals surface area (Å²) in [6, 6.07) is 21.3. The molecule has 54 heavy (non-hydrogen) atoms. The number of rotatable bonds is 11. The van der Waals surface area contributed by atoms with Gasteiger partial charge in [-0.2, -0.15) is 8.42 Å². The van der Waals surface area contributed by atoms with Gasteiger partial charge >= 0.3 is 0 Å². The zero-order valence-corrected chi connectivity index (χ0v) is 30.3. The van der Waals surface area contributed by atoms with Crippen LogP contribution in [-0.2, 0) is 10.1 Å². The summed E-state index contributed by atoms with van der Waals surface area (Å²) >= 11 is 0. The van der Waals surface area contributed by atoms with Crippen molar-refractivity contribution in [2.24, 2.45) is 0 Å². The maximum atomic E-state index is 13.8. The number of hydrogen-bond donors (Lipinski definition) is 3. The number of benzene rings is 4. The topological polar surface area (TPSA) is 209 Å². The summed E-state index contributed by atoms with van der Waals surface area (Å²) in [7, 11) is -3.67. The third-order valence-corrected chi connectivity index (χ3v) is 9.15. The van der Waals surface area contributed by atoms with E-state index in [4.69, 9.17) is 4.55 Å². The van der Waals surface area contributed by atoms with Gasteiger partial charge in [0.05, 0.1) is 22.4 Å². The average Bonchev–Trinajstić information content (AvgIpc) is 3.13. The van der Waals surface area contributed by atoms with Gasteiger partial charge in [-0.25, -0.2) is 0 Å². The quantitative estimate of drug-likeness (QED) is 0.0567. The molecule has 1 aromatic heterocycles. The minimum absolute atomic E-state index is 0.135. The molecular formula is C38H36N6O9S. The highest BCUT2D eigenvalue weighted by Gasteiger charge is 2.38. The second kappa shape index (κ2) is 15.2. The molecule has 5 aromatic rings. The van der Waals surface area contributed by atoms with Gasteiger partial charge in [0.15, 0.2) is 0 Å². The molecule has 0 fully saturated rings. The number of nitrogens with one attached hydrogen (secondary N) is 2. The van der Waals surface area contributed by atoms with Crippen LogP contribution in [0.4, 0.5) is 5.69 Å². The molecule has 0 saturated heterocycles. The Morgan fingerprint density at radius 2 is 1.20 bits per heavy atom. The molecule has 0 aliphatic carbocycles. The normalized spacial score (nSPS) is 15.0. The SMILES string of the molecule is CS(=O)(=O)O.C[C@H](CNCCNC[C@@H](C)N1C(=O)c2cccc3cc([N+](=O)[O-])cc(c23)C1=O)N1C(=O)c2cccc3cc(-c4ccccn4)cc(c23)C1=O. The molecule has 15 nitrogen and oxygen atoms in total. The highest BCUT2D eigenvalue weighted by molar-refractivity contribution is 7.85. The van der Waals surface area contributed by atoms with Crippen LogP contribution in [0.1, 0.15) is 55.3 Å². The van der Waals surface area contributed by atoms with Gasteiger partial charge in [-0.3, -0.25) is 48.6 Å². The van der Waals surface area contributed by atoms with Gasteiger partial charge in [-0.05, 0) is 61.0 Å².